The summed E-state index contributed by atoms with van der Waals surface area (Å²) in [4.78, 5) is 52.2. The number of para-hydroxylation sites is 1. The largest absolute Gasteiger partial charge is 0.391 e. The van der Waals surface area contributed by atoms with Crippen LogP contribution in [0.5, 0.6) is 0 Å². The Morgan fingerprint density at radius 3 is 2.05 bits per heavy atom. The van der Waals surface area contributed by atoms with Crippen molar-refractivity contribution in [3.8, 4) is 0 Å². The summed E-state index contributed by atoms with van der Waals surface area (Å²) in [6.07, 6.45) is 4.03. The molecule has 1 fully saturated rings. The normalized spacial score (nSPS) is 18.7. The van der Waals surface area contributed by atoms with E-state index in [2.05, 4.69) is 10.6 Å². The SMILES string of the molecule is CC(C)[C@H](N)C(=O)N[C@H](C(=O)N(c1ccccc1)[C@H](C(=O)NC[C@H](O)CC(C1CCCCC1)[PH](=O)O)C(C)C)C(C)C. The van der Waals surface area contributed by atoms with Gasteiger partial charge in [-0.25, -0.2) is 0 Å². The molecule has 1 saturated carbocycles. The highest BCUT2D eigenvalue weighted by Gasteiger charge is 2.39. The van der Waals surface area contributed by atoms with Gasteiger partial charge in [0, 0.05) is 17.9 Å². The van der Waals surface area contributed by atoms with Gasteiger partial charge in [0.1, 0.15) is 12.1 Å². The van der Waals surface area contributed by atoms with Crippen LogP contribution in [0.2, 0.25) is 0 Å². The van der Waals surface area contributed by atoms with Crippen molar-refractivity contribution in [2.75, 3.05) is 11.4 Å². The molecule has 0 radical (unpaired) electrons. The minimum Gasteiger partial charge on any atom is -0.391 e. The average molecular weight is 609 g/mol. The first-order valence-corrected chi connectivity index (χ1v) is 16.8. The highest BCUT2D eigenvalue weighted by atomic mass is 31.1. The molecule has 0 heterocycles. The fourth-order valence-corrected chi connectivity index (χ4v) is 6.89. The summed E-state index contributed by atoms with van der Waals surface area (Å²) in [5, 5.41) is 16.4. The van der Waals surface area contributed by atoms with E-state index in [9.17, 15) is 28.9 Å². The molecular weight excluding hydrogens is 555 g/mol. The minimum atomic E-state index is -2.85. The number of aliphatic hydroxyl groups is 1. The molecule has 0 aliphatic heterocycles. The third-order valence-electron chi connectivity index (χ3n) is 8.28. The maximum atomic E-state index is 14.2. The molecule has 0 spiro atoms. The van der Waals surface area contributed by atoms with E-state index in [1.54, 1.807) is 24.3 Å². The topological polar surface area (TPSA) is 162 Å². The molecule has 6 N–H and O–H groups in total. The number of nitrogens with zero attached hydrogens (tertiary/aromatic N) is 1. The quantitative estimate of drug-likeness (QED) is 0.191. The van der Waals surface area contributed by atoms with Crippen molar-refractivity contribution in [2.24, 2.45) is 29.4 Å². The summed E-state index contributed by atoms with van der Waals surface area (Å²) in [6.45, 7) is 10.9. The van der Waals surface area contributed by atoms with E-state index in [-0.39, 0.29) is 36.6 Å². The zero-order chi connectivity index (χ0) is 31.6. The first kappa shape index (κ1) is 35.9. The predicted molar refractivity (Wildman–Crippen MR) is 167 cm³/mol. The van der Waals surface area contributed by atoms with Crippen LogP contribution in [0, 0.1) is 23.7 Å². The molecule has 0 saturated heterocycles. The molecule has 0 bridgehead atoms. The van der Waals surface area contributed by atoms with Gasteiger partial charge >= 0.3 is 0 Å². The lowest BCUT2D eigenvalue weighted by Crippen LogP contribution is -2.61. The Hall–Kier alpha value is -2.26. The monoisotopic (exact) mass is 608 g/mol. The van der Waals surface area contributed by atoms with E-state index < -0.39 is 55.6 Å². The average Bonchev–Trinajstić information content (AvgIpc) is 2.95. The molecular formula is C31H53N4O6P. The zero-order valence-corrected chi connectivity index (χ0v) is 27.1. The lowest BCUT2D eigenvalue weighted by Gasteiger charge is -2.37. The van der Waals surface area contributed by atoms with Gasteiger partial charge in [0.15, 0.2) is 8.03 Å². The second-order valence-corrected chi connectivity index (χ2v) is 14.1. The maximum absolute atomic E-state index is 14.2. The molecule has 3 amide bonds. The third-order valence-corrected chi connectivity index (χ3v) is 9.62. The molecule has 10 nitrogen and oxygen atoms in total. The standard InChI is InChI=1S/C31H53N4O6P/c1-19(2)26(32)29(37)34-27(20(3)4)31(39)35(23-15-11-8-12-16-23)28(21(5)6)30(38)33-18-24(36)17-25(42(40)41)22-13-9-7-10-14-22/h8,11-12,15-16,19-22,24-28,36,42H,7,9-10,13-14,17-18,32H2,1-6H3,(H,33,38)(H,34,37)(H,40,41)/t24-,25?,26+,27+,28+/m1/s1. The van der Waals surface area contributed by atoms with E-state index in [1.165, 1.54) is 4.90 Å². The molecule has 1 aromatic rings. The maximum Gasteiger partial charge on any atom is 0.250 e. The second-order valence-electron chi connectivity index (χ2n) is 12.7. The van der Waals surface area contributed by atoms with Gasteiger partial charge in [-0.15, -0.1) is 0 Å². The van der Waals surface area contributed by atoms with Gasteiger partial charge in [-0.3, -0.25) is 23.8 Å². The molecule has 6 atom stereocenters. The highest BCUT2D eigenvalue weighted by Crippen LogP contribution is 2.40. The summed E-state index contributed by atoms with van der Waals surface area (Å²) in [5.74, 6) is -1.97. The Bertz CT molecular complexity index is 1030. The Morgan fingerprint density at radius 1 is 0.952 bits per heavy atom. The molecule has 0 aromatic heterocycles. The van der Waals surface area contributed by atoms with E-state index in [4.69, 9.17) is 5.73 Å². The fourth-order valence-electron chi connectivity index (χ4n) is 5.68. The molecule has 42 heavy (non-hydrogen) atoms. The van der Waals surface area contributed by atoms with Crippen LogP contribution in [0.1, 0.15) is 80.1 Å². The van der Waals surface area contributed by atoms with E-state index in [0.717, 1.165) is 32.1 Å². The molecule has 238 valence electrons. The van der Waals surface area contributed by atoms with Gasteiger partial charge in [-0.05, 0) is 55.1 Å². The Labute approximate surface area is 252 Å². The van der Waals surface area contributed by atoms with Crippen LogP contribution in [-0.2, 0) is 18.9 Å². The van der Waals surface area contributed by atoms with Crippen molar-refractivity contribution in [2.45, 2.75) is 110 Å². The third kappa shape index (κ3) is 10.2. The van der Waals surface area contributed by atoms with Gasteiger partial charge in [0.25, 0.3) is 5.91 Å². The predicted octanol–water partition coefficient (Wildman–Crippen LogP) is 3.45. The number of amides is 3. The lowest BCUT2D eigenvalue weighted by atomic mass is 9.85. The summed E-state index contributed by atoms with van der Waals surface area (Å²) in [6, 6.07) is 6.16. The smallest absolute Gasteiger partial charge is 0.250 e. The van der Waals surface area contributed by atoms with Crippen LogP contribution in [-0.4, -0.2) is 64.2 Å². The van der Waals surface area contributed by atoms with Gasteiger partial charge in [-0.1, -0.05) is 79.0 Å². The Kier molecular flexibility index (Phi) is 14.7. The fraction of sp³-hybridized carbons (Fsp3) is 0.710. The van der Waals surface area contributed by atoms with Crippen LogP contribution >= 0.6 is 8.03 Å². The minimum absolute atomic E-state index is 0.0992. The number of carbonyl (C=O) groups is 3. The van der Waals surface area contributed by atoms with Crippen molar-refractivity contribution >= 4 is 31.4 Å². The first-order valence-electron chi connectivity index (χ1n) is 15.4. The number of anilines is 1. The van der Waals surface area contributed by atoms with Crippen molar-refractivity contribution in [1.29, 1.82) is 0 Å². The van der Waals surface area contributed by atoms with Gasteiger partial charge in [-0.2, -0.15) is 0 Å². The summed E-state index contributed by atoms with van der Waals surface area (Å²) in [5.41, 5.74) is 6.08. The molecule has 1 aliphatic rings. The Morgan fingerprint density at radius 2 is 1.55 bits per heavy atom. The number of nitrogens with two attached hydrogens (primary N) is 1. The molecule has 11 heteroatoms. The van der Waals surface area contributed by atoms with E-state index >= 15 is 0 Å². The zero-order valence-electron chi connectivity index (χ0n) is 26.1. The van der Waals surface area contributed by atoms with E-state index in [0.29, 0.717) is 5.69 Å². The molecule has 1 aliphatic carbocycles. The van der Waals surface area contributed by atoms with Crippen LogP contribution in [0.25, 0.3) is 0 Å². The molecule has 2 unspecified atom stereocenters. The van der Waals surface area contributed by atoms with E-state index in [1.807, 2.05) is 47.6 Å². The van der Waals surface area contributed by atoms with Crippen LogP contribution in [0.3, 0.4) is 0 Å². The number of hydrogen-bond donors (Lipinski definition) is 5. The van der Waals surface area contributed by atoms with Gasteiger partial charge in [0.05, 0.1) is 12.1 Å². The number of nitrogens with one attached hydrogen (secondary N) is 2. The van der Waals surface area contributed by atoms with Crippen LogP contribution in [0.4, 0.5) is 5.69 Å². The van der Waals surface area contributed by atoms with Crippen molar-refractivity contribution in [1.82, 2.24) is 10.6 Å². The lowest BCUT2D eigenvalue weighted by molar-refractivity contribution is -0.131. The summed E-state index contributed by atoms with van der Waals surface area (Å²) >= 11 is 0. The number of carbonyl (C=O) groups excluding carboxylic acids is 3. The summed E-state index contributed by atoms with van der Waals surface area (Å²) < 4.78 is 12.2. The number of benzene rings is 1. The van der Waals surface area contributed by atoms with Crippen molar-refractivity contribution in [3.63, 3.8) is 0 Å². The number of hydrogen-bond acceptors (Lipinski definition) is 6. The summed E-state index contributed by atoms with van der Waals surface area (Å²) in [7, 11) is -2.85. The van der Waals surface area contributed by atoms with Crippen molar-refractivity contribution in [3.05, 3.63) is 30.3 Å². The molecule has 1 aromatic carbocycles. The van der Waals surface area contributed by atoms with Crippen LogP contribution in [0.15, 0.2) is 30.3 Å². The number of aliphatic hydroxyl groups excluding tert-OH is 1. The van der Waals surface area contributed by atoms with Gasteiger partial charge < -0.3 is 26.4 Å². The first-order chi connectivity index (χ1) is 19.8. The number of rotatable bonds is 15. The highest BCUT2D eigenvalue weighted by molar-refractivity contribution is 7.38. The van der Waals surface area contributed by atoms with Gasteiger partial charge in [0.2, 0.25) is 11.8 Å². The Balaban J connectivity index is 2.28. The molecule has 2 rings (SSSR count). The second kappa shape index (κ2) is 17.1. The van der Waals surface area contributed by atoms with Crippen LogP contribution < -0.4 is 21.3 Å². The van der Waals surface area contributed by atoms with Crippen molar-refractivity contribution < 1.29 is 28.9 Å².